The number of anilines is 1. The number of nitrogens with one attached hydrogen (secondary N) is 2. The van der Waals surface area contributed by atoms with Gasteiger partial charge in [0.2, 0.25) is 5.89 Å². The largest absolute Gasteiger partial charge is 0.492 e. The normalized spacial score (nSPS) is 11.7. The molecule has 0 aliphatic heterocycles. The van der Waals surface area contributed by atoms with Crippen molar-refractivity contribution in [2.75, 3.05) is 25.6 Å². The lowest BCUT2D eigenvalue weighted by atomic mass is 10.0. The van der Waals surface area contributed by atoms with Gasteiger partial charge in [0.25, 0.3) is 0 Å². The lowest BCUT2D eigenvalue weighted by Gasteiger charge is -2.18. The molecule has 0 aliphatic carbocycles. The topological polar surface area (TPSA) is 103 Å². The number of methoxy groups -OCH3 is 1. The van der Waals surface area contributed by atoms with E-state index in [4.69, 9.17) is 13.9 Å². The maximum Gasteiger partial charge on any atom is 0.328 e. The van der Waals surface area contributed by atoms with E-state index in [1.54, 1.807) is 18.2 Å². The van der Waals surface area contributed by atoms with Gasteiger partial charge in [-0.05, 0) is 41.3 Å². The zero-order valence-electron chi connectivity index (χ0n) is 22.0. The quantitative estimate of drug-likeness (QED) is 0.112. The summed E-state index contributed by atoms with van der Waals surface area (Å²) in [7, 11) is 1.36. The molecular formula is C31H29N3O5S. The second kappa shape index (κ2) is 13.1. The van der Waals surface area contributed by atoms with Crippen molar-refractivity contribution in [2.45, 2.75) is 19.0 Å². The number of fused-ring (bicyclic) bond motifs is 1. The average Bonchev–Trinajstić information content (AvgIpc) is 3.63. The predicted octanol–water partition coefficient (Wildman–Crippen LogP) is 5.49. The van der Waals surface area contributed by atoms with Crippen LogP contribution in [0.5, 0.6) is 5.75 Å². The van der Waals surface area contributed by atoms with Gasteiger partial charge in [0.05, 0.1) is 19.2 Å². The first-order valence-electron chi connectivity index (χ1n) is 12.9. The van der Waals surface area contributed by atoms with Crippen LogP contribution in [0.4, 0.5) is 5.00 Å². The molecule has 2 aromatic heterocycles. The Morgan fingerprint density at radius 2 is 1.75 bits per heavy atom. The predicted molar refractivity (Wildman–Crippen MR) is 155 cm³/mol. The Kier molecular flexibility index (Phi) is 8.85. The Labute approximate surface area is 236 Å². The molecule has 0 radical (unpaired) electrons. The lowest BCUT2D eigenvalue weighted by molar-refractivity contribution is -0.141. The summed E-state index contributed by atoms with van der Waals surface area (Å²) in [6.07, 6.45) is 0.385. The van der Waals surface area contributed by atoms with Gasteiger partial charge in [-0.3, -0.25) is 4.79 Å². The van der Waals surface area contributed by atoms with Crippen LogP contribution >= 0.6 is 11.3 Å². The number of rotatable bonds is 13. The first-order chi connectivity index (χ1) is 19.6. The Bertz CT molecular complexity index is 1530. The van der Waals surface area contributed by atoms with E-state index in [0.717, 1.165) is 22.4 Å². The Balaban J connectivity index is 1.13. The van der Waals surface area contributed by atoms with E-state index in [1.807, 2.05) is 72.1 Å². The number of oxazole rings is 1. The third kappa shape index (κ3) is 6.74. The maximum absolute atomic E-state index is 13.0. The van der Waals surface area contributed by atoms with Crippen LogP contribution in [0.3, 0.4) is 0 Å². The van der Waals surface area contributed by atoms with Crippen LogP contribution in [-0.2, 0) is 22.5 Å². The number of benzene rings is 3. The fourth-order valence-electron chi connectivity index (χ4n) is 4.23. The molecule has 3 aromatic carbocycles. The van der Waals surface area contributed by atoms with E-state index in [2.05, 4.69) is 15.6 Å². The first kappa shape index (κ1) is 27.1. The summed E-state index contributed by atoms with van der Waals surface area (Å²) in [5, 5.41) is 8.97. The van der Waals surface area contributed by atoms with Gasteiger partial charge < -0.3 is 24.5 Å². The monoisotopic (exact) mass is 555 g/mol. The Morgan fingerprint density at radius 1 is 0.975 bits per heavy atom. The zero-order valence-corrected chi connectivity index (χ0v) is 22.8. The molecule has 2 N–H and O–H groups in total. The summed E-state index contributed by atoms with van der Waals surface area (Å²) >= 11 is 1.38. The van der Waals surface area contributed by atoms with Gasteiger partial charge >= 0.3 is 5.97 Å². The molecule has 5 aromatic rings. The van der Waals surface area contributed by atoms with Crippen LogP contribution in [0, 0.1) is 0 Å². The minimum atomic E-state index is -0.659. The number of hydrogen-bond acceptors (Lipinski definition) is 9. The first-order valence-corrected chi connectivity index (χ1v) is 13.8. The fraction of sp³-hybridized carbons (Fsp3) is 0.194. The molecule has 9 heteroatoms. The highest BCUT2D eigenvalue weighted by Crippen LogP contribution is 2.27. The summed E-state index contributed by atoms with van der Waals surface area (Å²) in [5.74, 6) is 0.858. The highest BCUT2D eigenvalue weighted by Gasteiger charge is 2.23. The molecule has 0 saturated carbocycles. The third-order valence-electron chi connectivity index (χ3n) is 6.26. The Morgan fingerprint density at radius 3 is 2.52 bits per heavy atom. The number of carbonyl (C=O) groups is 2. The van der Waals surface area contributed by atoms with Gasteiger partial charge in [-0.1, -0.05) is 54.6 Å². The number of aromatic nitrogens is 1. The summed E-state index contributed by atoms with van der Waals surface area (Å²) < 4.78 is 16.6. The van der Waals surface area contributed by atoms with Gasteiger partial charge in [0, 0.05) is 18.5 Å². The minimum Gasteiger partial charge on any atom is -0.492 e. The van der Waals surface area contributed by atoms with Gasteiger partial charge in [0.15, 0.2) is 11.4 Å². The number of para-hydroxylation sites is 2. The average molecular weight is 556 g/mol. The smallest absolute Gasteiger partial charge is 0.328 e. The van der Waals surface area contributed by atoms with Crippen LogP contribution in [0.2, 0.25) is 0 Å². The standard InChI is InChI=1S/C31H29N3O5S/c1-37-31(36)26(34-30-24(15-18-40-30)29(35)22-7-3-2-4-8-22)19-21-11-13-23(14-12-21)38-17-16-32-20-28-33-25-9-5-6-10-27(25)39-28/h2-15,18,26,32,34H,16-17,19-20H2,1H3. The number of ether oxygens (including phenoxy) is 2. The molecule has 0 aliphatic rings. The maximum atomic E-state index is 13.0. The van der Waals surface area contributed by atoms with Gasteiger partial charge in [-0.25, -0.2) is 9.78 Å². The molecule has 0 saturated heterocycles. The fourth-order valence-corrected chi connectivity index (χ4v) is 5.07. The Hall–Kier alpha value is -4.47. The van der Waals surface area contributed by atoms with Crippen LogP contribution in [-0.4, -0.2) is 43.0 Å². The van der Waals surface area contributed by atoms with E-state index in [1.165, 1.54) is 18.4 Å². The minimum absolute atomic E-state index is 0.0993. The number of esters is 1. The molecule has 0 amide bonds. The van der Waals surface area contributed by atoms with Gasteiger partial charge in [-0.15, -0.1) is 11.3 Å². The number of nitrogens with zero attached hydrogens (tertiary/aromatic N) is 1. The van der Waals surface area contributed by atoms with E-state index < -0.39 is 12.0 Å². The van der Waals surface area contributed by atoms with Crippen molar-refractivity contribution in [1.29, 1.82) is 0 Å². The summed E-state index contributed by atoms with van der Waals surface area (Å²) in [5.41, 5.74) is 3.67. The number of ketones is 1. The number of carbonyl (C=O) groups excluding carboxylic acids is 2. The summed E-state index contributed by atoms with van der Waals surface area (Å²) in [4.78, 5) is 30.1. The highest BCUT2D eigenvalue weighted by molar-refractivity contribution is 7.14. The van der Waals surface area contributed by atoms with E-state index in [-0.39, 0.29) is 5.78 Å². The SMILES string of the molecule is COC(=O)C(Cc1ccc(OCCNCc2nc3ccccc3o2)cc1)Nc1sccc1C(=O)c1ccccc1. The van der Waals surface area contributed by atoms with Gasteiger partial charge in [0.1, 0.15) is 28.9 Å². The van der Waals surface area contributed by atoms with Crippen LogP contribution in [0.25, 0.3) is 11.1 Å². The molecule has 2 heterocycles. The summed E-state index contributed by atoms with van der Waals surface area (Å²) in [6.45, 7) is 1.62. The molecule has 204 valence electrons. The summed E-state index contributed by atoms with van der Waals surface area (Å²) in [6, 6.07) is 25.4. The van der Waals surface area contributed by atoms with Gasteiger partial charge in [-0.2, -0.15) is 0 Å². The molecule has 1 unspecified atom stereocenters. The van der Waals surface area contributed by atoms with E-state index in [9.17, 15) is 9.59 Å². The number of thiophene rings is 1. The van der Waals surface area contributed by atoms with Crippen LogP contribution in [0.1, 0.15) is 27.4 Å². The van der Waals surface area contributed by atoms with Crippen molar-refractivity contribution < 1.29 is 23.5 Å². The van der Waals surface area contributed by atoms with Crippen molar-refractivity contribution in [2.24, 2.45) is 0 Å². The molecule has 0 spiro atoms. The second-order valence-corrected chi connectivity index (χ2v) is 9.94. The van der Waals surface area contributed by atoms with Crippen molar-refractivity contribution in [3.8, 4) is 5.75 Å². The third-order valence-corrected chi connectivity index (χ3v) is 7.11. The molecule has 0 fully saturated rings. The van der Waals surface area contributed by atoms with Crippen molar-refractivity contribution in [3.63, 3.8) is 0 Å². The molecule has 5 rings (SSSR count). The molecule has 1 atom stereocenters. The molecule has 0 bridgehead atoms. The zero-order chi connectivity index (χ0) is 27.7. The highest BCUT2D eigenvalue weighted by atomic mass is 32.1. The lowest BCUT2D eigenvalue weighted by Crippen LogP contribution is -2.33. The van der Waals surface area contributed by atoms with E-state index >= 15 is 0 Å². The van der Waals surface area contributed by atoms with Crippen LogP contribution in [0.15, 0.2) is 94.7 Å². The van der Waals surface area contributed by atoms with E-state index in [0.29, 0.717) is 48.1 Å². The van der Waals surface area contributed by atoms with Crippen molar-refractivity contribution in [1.82, 2.24) is 10.3 Å². The molecule has 40 heavy (non-hydrogen) atoms. The number of hydrogen-bond donors (Lipinski definition) is 2. The second-order valence-electron chi connectivity index (χ2n) is 9.03. The van der Waals surface area contributed by atoms with Crippen molar-refractivity contribution >= 4 is 39.2 Å². The van der Waals surface area contributed by atoms with Crippen molar-refractivity contribution in [3.05, 3.63) is 113 Å². The molecular weight excluding hydrogens is 526 g/mol. The molecule has 8 nitrogen and oxygen atoms in total. The van der Waals surface area contributed by atoms with Crippen LogP contribution < -0.4 is 15.4 Å².